The Morgan fingerprint density at radius 3 is 3.15 bits per heavy atom. The van der Waals surface area contributed by atoms with Gasteiger partial charge in [0, 0.05) is 25.2 Å². The zero-order valence-corrected chi connectivity index (χ0v) is 15.2. The van der Waals surface area contributed by atoms with Gasteiger partial charge >= 0.3 is 0 Å². The topological polar surface area (TPSA) is 92.2 Å². The first kappa shape index (κ1) is 17.4. The predicted molar refractivity (Wildman–Crippen MR) is 99.3 cm³/mol. The van der Waals surface area contributed by atoms with Gasteiger partial charge in [-0.1, -0.05) is 23.9 Å². The Morgan fingerprint density at radius 2 is 2.30 bits per heavy atom. The normalized spacial score (nSPS) is 16.4. The molecule has 0 bridgehead atoms. The fourth-order valence-corrected chi connectivity index (χ4v) is 3.63. The van der Waals surface area contributed by atoms with E-state index in [9.17, 15) is 4.79 Å². The lowest BCUT2D eigenvalue weighted by Gasteiger charge is -2.16. The van der Waals surface area contributed by atoms with Crippen LogP contribution in [0.2, 0.25) is 0 Å². The third-order valence-corrected chi connectivity index (χ3v) is 5.06. The summed E-state index contributed by atoms with van der Waals surface area (Å²) < 4.78 is 11.4. The van der Waals surface area contributed by atoms with Gasteiger partial charge in [0.2, 0.25) is 11.8 Å². The van der Waals surface area contributed by atoms with Crippen molar-refractivity contribution in [1.29, 1.82) is 5.26 Å². The van der Waals surface area contributed by atoms with Crippen LogP contribution in [0.3, 0.4) is 0 Å². The number of oxazole rings is 1. The molecule has 1 aromatic carbocycles. The second-order valence-corrected chi connectivity index (χ2v) is 7.03. The summed E-state index contributed by atoms with van der Waals surface area (Å²) in [5, 5.41) is 9.43. The lowest BCUT2D eigenvalue weighted by molar-refractivity contribution is -0.127. The Balaban J connectivity index is 1.30. The van der Waals surface area contributed by atoms with Gasteiger partial charge in [0.05, 0.1) is 23.9 Å². The van der Waals surface area contributed by atoms with Crippen LogP contribution >= 0.6 is 11.8 Å². The number of ether oxygens (including phenoxy) is 1. The largest absolute Gasteiger partial charge is 0.472 e. The van der Waals surface area contributed by atoms with Gasteiger partial charge in [-0.2, -0.15) is 5.26 Å². The molecule has 0 spiro atoms. The highest BCUT2D eigenvalue weighted by Crippen LogP contribution is 2.24. The third-order valence-electron chi connectivity index (χ3n) is 4.24. The van der Waals surface area contributed by atoms with Crippen LogP contribution < -0.4 is 4.74 Å². The Kier molecular flexibility index (Phi) is 4.94. The number of carbonyl (C=O) groups is 1. The number of hydrogen-bond donors (Lipinski definition) is 0. The van der Waals surface area contributed by atoms with Crippen LogP contribution in [0.1, 0.15) is 12.0 Å². The van der Waals surface area contributed by atoms with Crippen molar-refractivity contribution in [1.82, 2.24) is 14.9 Å². The molecule has 1 aliphatic rings. The summed E-state index contributed by atoms with van der Waals surface area (Å²) in [6.07, 6.45) is 2.16. The van der Waals surface area contributed by atoms with Gasteiger partial charge in [-0.15, -0.1) is 0 Å². The first-order chi connectivity index (χ1) is 13.2. The monoisotopic (exact) mass is 380 g/mol. The molecule has 3 heterocycles. The van der Waals surface area contributed by atoms with Gasteiger partial charge < -0.3 is 14.1 Å². The van der Waals surface area contributed by atoms with E-state index in [1.54, 1.807) is 23.2 Å². The number of aromatic nitrogens is 2. The van der Waals surface area contributed by atoms with Crippen LogP contribution in [-0.4, -0.2) is 45.7 Å². The fourth-order valence-electron chi connectivity index (χ4n) is 2.89. The van der Waals surface area contributed by atoms with Crippen molar-refractivity contribution in [2.45, 2.75) is 17.7 Å². The summed E-state index contributed by atoms with van der Waals surface area (Å²) in [6.45, 7) is 1.14. The van der Waals surface area contributed by atoms with E-state index < -0.39 is 0 Å². The number of nitriles is 1. The van der Waals surface area contributed by atoms with Crippen LogP contribution in [0.5, 0.6) is 5.88 Å². The number of amides is 1. The first-order valence-corrected chi connectivity index (χ1v) is 9.49. The van der Waals surface area contributed by atoms with Gasteiger partial charge in [0.1, 0.15) is 11.6 Å². The maximum Gasteiger partial charge on any atom is 0.257 e. The van der Waals surface area contributed by atoms with Crippen LogP contribution in [0.15, 0.2) is 52.2 Å². The number of fused-ring (bicyclic) bond motifs is 1. The molecule has 1 saturated heterocycles. The van der Waals surface area contributed by atoms with Crippen LogP contribution in [0.4, 0.5) is 0 Å². The van der Waals surface area contributed by atoms with Crippen LogP contribution in [-0.2, 0) is 4.79 Å². The lowest BCUT2D eigenvalue weighted by Crippen LogP contribution is -2.32. The molecule has 0 N–H and O–H groups in total. The Labute approximate surface area is 160 Å². The minimum Gasteiger partial charge on any atom is -0.472 e. The van der Waals surface area contributed by atoms with Crippen LogP contribution in [0, 0.1) is 11.3 Å². The smallest absolute Gasteiger partial charge is 0.257 e. The van der Waals surface area contributed by atoms with Gasteiger partial charge in [0.15, 0.2) is 5.58 Å². The molecule has 0 radical (unpaired) electrons. The predicted octanol–water partition coefficient (Wildman–Crippen LogP) is 2.87. The lowest BCUT2D eigenvalue weighted by atomic mass is 10.3. The molecule has 1 unspecified atom stereocenters. The molecule has 7 nitrogen and oxygen atoms in total. The fraction of sp³-hybridized carbons (Fsp3) is 0.263. The number of para-hydroxylation sites is 2. The number of hydrogen-bond acceptors (Lipinski definition) is 7. The SMILES string of the molecule is N#Cc1ccnc(OC2CCN(C(=O)CSc3nc4ccccc4o3)C2)c1. The molecule has 2 aromatic heterocycles. The van der Waals surface area contributed by atoms with E-state index in [2.05, 4.69) is 16.0 Å². The standard InChI is InChI=1S/C19H16N4O3S/c20-10-13-5-7-21-17(9-13)25-14-6-8-23(11-14)18(24)12-27-19-22-15-3-1-2-4-16(15)26-19/h1-5,7,9,14H,6,8,11-12H2. The van der Waals surface area contributed by atoms with Gasteiger partial charge in [-0.05, 0) is 18.2 Å². The summed E-state index contributed by atoms with van der Waals surface area (Å²) >= 11 is 1.29. The number of thioether (sulfide) groups is 1. The minimum absolute atomic E-state index is 0.0205. The minimum atomic E-state index is -0.121. The highest BCUT2D eigenvalue weighted by molar-refractivity contribution is 7.99. The first-order valence-electron chi connectivity index (χ1n) is 8.50. The molecule has 1 atom stereocenters. The maximum atomic E-state index is 12.5. The van der Waals surface area contributed by atoms with E-state index in [-0.39, 0.29) is 17.8 Å². The molecule has 136 valence electrons. The number of likely N-dealkylation sites (tertiary alicyclic amines) is 1. The van der Waals surface area contributed by atoms with Crippen molar-refractivity contribution in [3.63, 3.8) is 0 Å². The van der Waals surface area contributed by atoms with Crippen LogP contribution in [0.25, 0.3) is 11.1 Å². The molecular formula is C19H16N4O3S. The van der Waals surface area contributed by atoms with Crippen molar-refractivity contribution in [3.05, 3.63) is 48.2 Å². The van der Waals surface area contributed by atoms with Crippen molar-refractivity contribution in [2.75, 3.05) is 18.8 Å². The average Bonchev–Trinajstić information content (AvgIpc) is 3.33. The number of pyridine rings is 1. The summed E-state index contributed by atoms with van der Waals surface area (Å²) in [6, 6.07) is 12.8. The molecule has 3 aromatic rings. The molecule has 0 saturated carbocycles. The summed E-state index contributed by atoms with van der Waals surface area (Å²) in [5.41, 5.74) is 2.00. The summed E-state index contributed by atoms with van der Waals surface area (Å²) in [5.74, 6) is 0.697. The van der Waals surface area contributed by atoms with E-state index in [0.29, 0.717) is 35.3 Å². The van der Waals surface area contributed by atoms with E-state index in [4.69, 9.17) is 14.4 Å². The molecule has 4 rings (SSSR count). The Morgan fingerprint density at radius 1 is 1.41 bits per heavy atom. The number of rotatable bonds is 5. The van der Waals surface area contributed by atoms with Gasteiger partial charge in [-0.25, -0.2) is 9.97 Å². The summed E-state index contributed by atoms with van der Waals surface area (Å²) in [7, 11) is 0. The maximum absolute atomic E-state index is 12.5. The molecule has 1 amide bonds. The van der Waals surface area contributed by atoms with Gasteiger partial charge in [0.25, 0.3) is 5.22 Å². The second kappa shape index (κ2) is 7.68. The Bertz CT molecular complexity index is 980. The highest BCUT2D eigenvalue weighted by atomic mass is 32.2. The van der Waals surface area contributed by atoms with Crippen molar-refractivity contribution < 1.29 is 13.9 Å². The number of benzene rings is 1. The zero-order valence-electron chi connectivity index (χ0n) is 14.4. The number of carbonyl (C=O) groups excluding carboxylic acids is 1. The van der Waals surface area contributed by atoms with E-state index in [1.165, 1.54) is 11.8 Å². The molecule has 0 aliphatic carbocycles. The highest BCUT2D eigenvalue weighted by Gasteiger charge is 2.28. The van der Waals surface area contributed by atoms with E-state index in [0.717, 1.165) is 11.9 Å². The van der Waals surface area contributed by atoms with Gasteiger partial charge in [-0.3, -0.25) is 4.79 Å². The molecule has 1 fully saturated rings. The van der Waals surface area contributed by atoms with E-state index in [1.807, 2.05) is 24.3 Å². The van der Waals surface area contributed by atoms with Crippen molar-refractivity contribution in [3.8, 4) is 11.9 Å². The molecule has 27 heavy (non-hydrogen) atoms. The average molecular weight is 380 g/mol. The molecule has 1 aliphatic heterocycles. The van der Waals surface area contributed by atoms with Crippen molar-refractivity contribution in [2.24, 2.45) is 0 Å². The molecular weight excluding hydrogens is 364 g/mol. The summed E-state index contributed by atoms with van der Waals surface area (Å²) in [4.78, 5) is 22.7. The quantitative estimate of drug-likeness (QED) is 0.628. The molecule has 8 heteroatoms. The zero-order chi connectivity index (χ0) is 18.6. The Hall–Kier alpha value is -3.05. The number of nitrogens with zero attached hydrogens (tertiary/aromatic N) is 4. The van der Waals surface area contributed by atoms with E-state index >= 15 is 0 Å². The third kappa shape index (κ3) is 4.04. The second-order valence-electron chi connectivity index (χ2n) is 6.10. The van der Waals surface area contributed by atoms with Crippen molar-refractivity contribution >= 4 is 28.8 Å².